The van der Waals surface area contributed by atoms with E-state index >= 15 is 0 Å². The fourth-order valence-corrected chi connectivity index (χ4v) is 3.75. The van der Waals surface area contributed by atoms with Crippen molar-refractivity contribution in [2.45, 2.75) is 5.33 Å². The van der Waals surface area contributed by atoms with Crippen LogP contribution in [0, 0.1) is 8.70 Å². The summed E-state index contributed by atoms with van der Waals surface area (Å²) in [7, 11) is 0. The van der Waals surface area contributed by atoms with Gasteiger partial charge in [-0.2, -0.15) is 4.39 Å². The third-order valence-electron chi connectivity index (χ3n) is 1.85. The van der Waals surface area contributed by atoms with E-state index in [9.17, 15) is 4.39 Å². The van der Waals surface area contributed by atoms with Crippen molar-refractivity contribution in [3.63, 3.8) is 0 Å². The summed E-state index contributed by atoms with van der Waals surface area (Å²) in [4.78, 5) is 0. The van der Waals surface area contributed by atoms with Gasteiger partial charge in [0.2, 0.25) is 0 Å². The maximum atomic E-state index is 13.2. The zero-order chi connectivity index (χ0) is 9.42. The summed E-state index contributed by atoms with van der Waals surface area (Å²) < 4.78 is 15.0. The first kappa shape index (κ1) is 9.86. The van der Waals surface area contributed by atoms with Crippen molar-refractivity contribution in [3.05, 3.63) is 32.5 Å². The van der Waals surface area contributed by atoms with E-state index in [-0.39, 0.29) is 5.13 Å². The van der Waals surface area contributed by atoms with Crippen LogP contribution >= 0.6 is 49.9 Å². The van der Waals surface area contributed by atoms with E-state index in [4.69, 9.17) is 0 Å². The van der Waals surface area contributed by atoms with Crippen LogP contribution in [0.2, 0.25) is 0 Å². The quantitative estimate of drug-likeness (QED) is 0.510. The van der Waals surface area contributed by atoms with Gasteiger partial charge < -0.3 is 0 Å². The molecule has 1 aromatic heterocycles. The van der Waals surface area contributed by atoms with Crippen molar-refractivity contribution >= 4 is 59.9 Å². The first-order valence-electron chi connectivity index (χ1n) is 3.65. The molecule has 4 heteroatoms. The summed E-state index contributed by atoms with van der Waals surface area (Å²) in [6, 6.07) is 5.94. The number of fused-ring (bicyclic) bond motifs is 1. The second-order valence-corrected chi connectivity index (χ2v) is 5.26. The highest BCUT2D eigenvalue weighted by molar-refractivity contribution is 14.1. The Labute approximate surface area is 101 Å². The van der Waals surface area contributed by atoms with Gasteiger partial charge in [-0.1, -0.05) is 28.1 Å². The number of thiophene rings is 1. The number of benzene rings is 1. The minimum atomic E-state index is -0.0796. The van der Waals surface area contributed by atoms with E-state index in [0.29, 0.717) is 0 Å². The number of halogens is 3. The second-order valence-electron chi connectivity index (χ2n) is 2.61. The van der Waals surface area contributed by atoms with Gasteiger partial charge in [0.1, 0.15) is 0 Å². The minimum Gasteiger partial charge on any atom is -0.194 e. The van der Waals surface area contributed by atoms with Crippen LogP contribution in [-0.4, -0.2) is 0 Å². The molecule has 2 aromatic rings. The molecule has 1 heterocycles. The zero-order valence-electron chi connectivity index (χ0n) is 6.48. The SMILES string of the molecule is Fc1sc2cccc(CBr)c2c1I. The lowest BCUT2D eigenvalue weighted by molar-refractivity contribution is 0.652. The van der Waals surface area contributed by atoms with Gasteiger partial charge in [0.05, 0.1) is 3.57 Å². The third-order valence-corrected chi connectivity index (χ3v) is 4.77. The molecule has 0 bridgehead atoms. The molecule has 0 saturated carbocycles. The largest absolute Gasteiger partial charge is 0.194 e. The molecule has 0 spiro atoms. The maximum absolute atomic E-state index is 13.2. The Hall–Kier alpha value is 0.320. The minimum absolute atomic E-state index is 0.0796. The van der Waals surface area contributed by atoms with Gasteiger partial charge in [-0.3, -0.25) is 0 Å². The molecule has 0 aliphatic carbocycles. The van der Waals surface area contributed by atoms with Crippen molar-refractivity contribution in [1.29, 1.82) is 0 Å². The molecule has 0 amide bonds. The van der Waals surface area contributed by atoms with Crippen molar-refractivity contribution in [2.24, 2.45) is 0 Å². The number of hydrogen-bond donors (Lipinski definition) is 0. The van der Waals surface area contributed by atoms with Gasteiger partial charge in [0.15, 0.2) is 5.13 Å². The van der Waals surface area contributed by atoms with Crippen LogP contribution in [0.4, 0.5) is 4.39 Å². The average Bonchev–Trinajstić information content (AvgIpc) is 2.43. The van der Waals surface area contributed by atoms with Crippen molar-refractivity contribution in [1.82, 2.24) is 0 Å². The lowest BCUT2D eigenvalue weighted by Crippen LogP contribution is -1.80. The van der Waals surface area contributed by atoms with E-state index < -0.39 is 0 Å². The Bertz CT molecular complexity index is 452. The Balaban J connectivity index is 2.87. The molecule has 0 nitrogen and oxygen atoms in total. The molecule has 13 heavy (non-hydrogen) atoms. The van der Waals surface area contributed by atoms with Gasteiger partial charge in [-0.25, -0.2) is 0 Å². The standard InChI is InChI=1S/C9H5BrFIS/c10-4-5-2-1-3-6-7(5)8(12)9(11)13-6/h1-3H,4H2. The molecule has 0 radical (unpaired) electrons. The van der Waals surface area contributed by atoms with E-state index in [2.05, 4.69) is 38.5 Å². The van der Waals surface area contributed by atoms with Crippen LogP contribution in [-0.2, 0) is 5.33 Å². The number of hydrogen-bond acceptors (Lipinski definition) is 1. The highest BCUT2D eigenvalue weighted by Gasteiger charge is 2.11. The molecule has 0 saturated heterocycles. The highest BCUT2D eigenvalue weighted by atomic mass is 127. The molecule has 2 rings (SSSR count). The van der Waals surface area contributed by atoms with E-state index in [1.165, 1.54) is 11.3 Å². The summed E-state index contributed by atoms with van der Waals surface area (Å²) in [5.41, 5.74) is 1.15. The summed E-state index contributed by atoms with van der Waals surface area (Å²) in [6.45, 7) is 0. The molecular formula is C9H5BrFIS. The van der Waals surface area contributed by atoms with Crippen molar-refractivity contribution in [3.8, 4) is 0 Å². The van der Waals surface area contributed by atoms with Crippen LogP contribution in [0.25, 0.3) is 10.1 Å². The highest BCUT2D eigenvalue weighted by Crippen LogP contribution is 2.34. The van der Waals surface area contributed by atoms with Crippen LogP contribution in [0.5, 0.6) is 0 Å². The Morgan fingerprint density at radius 2 is 2.23 bits per heavy atom. The molecule has 0 aliphatic rings. The predicted molar refractivity (Wildman–Crippen MR) is 67.1 cm³/mol. The normalized spacial score (nSPS) is 11.0. The number of rotatable bonds is 1. The lowest BCUT2D eigenvalue weighted by Gasteiger charge is -1.97. The monoisotopic (exact) mass is 370 g/mol. The van der Waals surface area contributed by atoms with Crippen LogP contribution in [0.1, 0.15) is 5.56 Å². The van der Waals surface area contributed by atoms with E-state index in [1.54, 1.807) is 0 Å². The molecule has 0 unspecified atom stereocenters. The number of alkyl halides is 1. The summed E-state index contributed by atoms with van der Waals surface area (Å²) in [5, 5.41) is 1.75. The van der Waals surface area contributed by atoms with Gasteiger partial charge in [-0.15, -0.1) is 11.3 Å². The zero-order valence-corrected chi connectivity index (χ0v) is 11.0. The van der Waals surface area contributed by atoms with Crippen molar-refractivity contribution < 1.29 is 4.39 Å². The van der Waals surface area contributed by atoms with Gasteiger partial charge in [-0.05, 0) is 34.2 Å². The van der Waals surface area contributed by atoms with Crippen LogP contribution in [0.3, 0.4) is 0 Å². The van der Waals surface area contributed by atoms with Gasteiger partial charge in [0, 0.05) is 15.4 Å². The van der Waals surface area contributed by atoms with Gasteiger partial charge in [0.25, 0.3) is 0 Å². The van der Waals surface area contributed by atoms with E-state index in [0.717, 1.165) is 24.5 Å². The molecule has 0 fully saturated rings. The summed E-state index contributed by atoms with van der Waals surface area (Å²) in [5.74, 6) is 0. The molecule has 0 atom stereocenters. The molecule has 0 aliphatic heterocycles. The fraction of sp³-hybridized carbons (Fsp3) is 0.111. The third kappa shape index (κ3) is 1.64. The second kappa shape index (κ2) is 3.82. The Morgan fingerprint density at radius 1 is 1.46 bits per heavy atom. The molecular weight excluding hydrogens is 366 g/mol. The Morgan fingerprint density at radius 3 is 2.92 bits per heavy atom. The Kier molecular flexibility index (Phi) is 2.90. The average molecular weight is 371 g/mol. The molecule has 68 valence electrons. The molecule has 1 aromatic carbocycles. The predicted octanol–water partition coefficient (Wildman–Crippen LogP) is 4.54. The van der Waals surface area contributed by atoms with Crippen molar-refractivity contribution in [2.75, 3.05) is 0 Å². The van der Waals surface area contributed by atoms with Crippen LogP contribution < -0.4 is 0 Å². The smallest absolute Gasteiger partial charge is 0.190 e. The topological polar surface area (TPSA) is 0 Å². The summed E-state index contributed by atoms with van der Waals surface area (Å²) >= 11 is 6.68. The fourth-order valence-electron chi connectivity index (χ4n) is 1.26. The summed E-state index contributed by atoms with van der Waals surface area (Å²) in [6.07, 6.45) is 0. The van der Waals surface area contributed by atoms with Gasteiger partial charge >= 0.3 is 0 Å². The first-order valence-corrected chi connectivity index (χ1v) is 6.67. The van der Waals surface area contributed by atoms with Crippen LogP contribution in [0.15, 0.2) is 18.2 Å². The maximum Gasteiger partial charge on any atom is 0.190 e. The first-order chi connectivity index (χ1) is 6.24. The molecule has 0 N–H and O–H groups in total. The van der Waals surface area contributed by atoms with E-state index in [1.807, 2.05) is 18.2 Å². The lowest BCUT2D eigenvalue weighted by atomic mass is 10.2.